The van der Waals surface area contributed by atoms with Crippen LogP contribution in [-0.4, -0.2) is 50.2 Å². The number of aromatic nitrogens is 1. The lowest BCUT2D eigenvalue weighted by atomic mass is 10.2. The second kappa shape index (κ2) is 9.42. The lowest BCUT2D eigenvalue weighted by molar-refractivity contribution is -0.119. The lowest BCUT2D eigenvalue weighted by Crippen LogP contribution is -2.33. The van der Waals surface area contributed by atoms with Gasteiger partial charge in [0.25, 0.3) is 25.8 Å². The molecule has 0 radical (unpaired) electrons. The summed E-state index contributed by atoms with van der Waals surface area (Å²) in [7, 11) is -9.53. The molecule has 0 spiro atoms. The number of alkyl halides is 3. The van der Waals surface area contributed by atoms with Crippen molar-refractivity contribution < 1.29 is 39.6 Å². The van der Waals surface area contributed by atoms with Gasteiger partial charge in [-0.05, 0) is 54.3 Å². The van der Waals surface area contributed by atoms with E-state index in [1.54, 1.807) is 11.4 Å². The zero-order valence-corrected chi connectivity index (χ0v) is 21.2. The monoisotopic (exact) mass is 574 g/mol. The Morgan fingerprint density at radius 2 is 1.73 bits per heavy atom. The third-order valence-corrected chi connectivity index (χ3v) is 9.71. The first-order chi connectivity index (χ1) is 17.2. The van der Waals surface area contributed by atoms with E-state index in [4.69, 9.17) is 0 Å². The largest absolute Gasteiger partial charge is 0.501 e. The van der Waals surface area contributed by atoms with Crippen LogP contribution in [0.5, 0.6) is 0 Å². The molecule has 1 aliphatic heterocycles. The van der Waals surface area contributed by atoms with Gasteiger partial charge in [-0.15, -0.1) is 11.3 Å². The van der Waals surface area contributed by atoms with Crippen LogP contribution < -0.4 is 9.62 Å². The summed E-state index contributed by atoms with van der Waals surface area (Å²) in [6.07, 6.45) is 2.63. The zero-order chi connectivity index (χ0) is 27.2. The summed E-state index contributed by atoms with van der Waals surface area (Å²) in [6, 6.07) is 5.79. The third kappa shape index (κ3) is 4.91. The number of sulfone groups is 1. The third-order valence-electron chi connectivity index (χ3n) is 5.45. The molecule has 37 heavy (non-hydrogen) atoms. The van der Waals surface area contributed by atoms with E-state index in [1.165, 1.54) is 31.5 Å². The molecule has 1 N–H and O–H groups in total. The molecule has 3 heterocycles. The summed E-state index contributed by atoms with van der Waals surface area (Å²) in [6.45, 7) is 1.23. The molecular weight excluding hydrogens is 557 g/mol. The van der Waals surface area contributed by atoms with Crippen molar-refractivity contribution >= 4 is 54.5 Å². The van der Waals surface area contributed by atoms with Crippen molar-refractivity contribution in [1.82, 2.24) is 9.88 Å². The van der Waals surface area contributed by atoms with Gasteiger partial charge in [0.1, 0.15) is 10.3 Å². The number of nitrogens with one attached hydrogen (secondary N) is 1. The van der Waals surface area contributed by atoms with Gasteiger partial charge in [0.15, 0.2) is 0 Å². The fourth-order valence-corrected chi connectivity index (χ4v) is 6.35. The van der Waals surface area contributed by atoms with Gasteiger partial charge in [-0.2, -0.15) is 13.2 Å². The van der Waals surface area contributed by atoms with E-state index < -0.39 is 48.2 Å². The molecule has 3 aromatic rings. The van der Waals surface area contributed by atoms with Crippen molar-refractivity contribution in [1.29, 1.82) is 0 Å². The SMILES string of the molecule is CC1C(=O)N(c2ccc(S(=O)(=O)C(F)(F)F)cc2)C(=O)N1Cc1ccncc1NS(=O)(=O)c1cccs1. The van der Waals surface area contributed by atoms with Crippen molar-refractivity contribution in [2.45, 2.75) is 34.1 Å². The van der Waals surface area contributed by atoms with E-state index in [-0.39, 0.29) is 22.1 Å². The van der Waals surface area contributed by atoms with Gasteiger partial charge in [0.05, 0.1) is 29.0 Å². The fourth-order valence-electron chi connectivity index (χ4n) is 3.51. The minimum atomic E-state index is -5.60. The van der Waals surface area contributed by atoms with Crippen molar-refractivity contribution in [2.75, 3.05) is 9.62 Å². The average Bonchev–Trinajstić information content (AvgIpc) is 3.44. The molecule has 1 unspecified atom stereocenters. The van der Waals surface area contributed by atoms with E-state index in [1.807, 2.05) is 0 Å². The van der Waals surface area contributed by atoms with Gasteiger partial charge in [0, 0.05) is 6.20 Å². The number of rotatable bonds is 7. The van der Waals surface area contributed by atoms with Gasteiger partial charge in [0.2, 0.25) is 0 Å². The van der Waals surface area contributed by atoms with E-state index in [9.17, 15) is 39.6 Å². The minimum Gasteiger partial charge on any atom is -0.308 e. The molecular formula is C21H17F3N4O6S3. The molecule has 2 aromatic heterocycles. The summed E-state index contributed by atoms with van der Waals surface area (Å²) in [5.74, 6) is -0.703. The number of thiophene rings is 1. The lowest BCUT2D eigenvalue weighted by Gasteiger charge is -2.21. The average molecular weight is 575 g/mol. The highest BCUT2D eigenvalue weighted by Crippen LogP contribution is 2.33. The Morgan fingerprint density at radius 3 is 2.32 bits per heavy atom. The number of nitrogens with zero attached hydrogens (tertiary/aromatic N) is 3. The summed E-state index contributed by atoms with van der Waals surface area (Å²) in [5.41, 5.74) is -5.22. The van der Waals surface area contributed by atoms with E-state index >= 15 is 0 Å². The highest BCUT2D eigenvalue weighted by molar-refractivity contribution is 7.94. The van der Waals surface area contributed by atoms with Gasteiger partial charge in [-0.1, -0.05) is 6.07 Å². The van der Waals surface area contributed by atoms with Crippen LogP contribution in [0.2, 0.25) is 0 Å². The molecule has 1 aliphatic rings. The molecule has 0 saturated carbocycles. The molecule has 196 valence electrons. The molecule has 1 fully saturated rings. The van der Waals surface area contributed by atoms with E-state index in [0.29, 0.717) is 22.6 Å². The van der Waals surface area contributed by atoms with Crippen molar-refractivity contribution in [3.63, 3.8) is 0 Å². The van der Waals surface area contributed by atoms with Crippen LogP contribution in [0.4, 0.5) is 29.3 Å². The number of amides is 3. The van der Waals surface area contributed by atoms with Crippen LogP contribution in [0, 0.1) is 0 Å². The molecule has 1 saturated heterocycles. The number of urea groups is 1. The Balaban J connectivity index is 1.59. The maximum atomic E-state index is 13.1. The van der Waals surface area contributed by atoms with E-state index in [2.05, 4.69) is 9.71 Å². The minimum absolute atomic E-state index is 0.0604. The Morgan fingerprint density at radius 1 is 1.05 bits per heavy atom. The van der Waals surface area contributed by atoms with Gasteiger partial charge >= 0.3 is 11.5 Å². The topological polar surface area (TPSA) is 134 Å². The number of halogens is 3. The molecule has 4 rings (SSSR count). The molecule has 0 aliphatic carbocycles. The van der Waals surface area contributed by atoms with Crippen LogP contribution in [0.15, 0.2) is 69.3 Å². The van der Waals surface area contributed by atoms with Gasteiger partial charge < -0.3 is 4.90 Å². The Bertz CT molecular complexity index is 1560. The van der Waals surface area contributed by atoms with Crippen LogP contribution in [0.3, 0.4) is 0 Å². The number of carbonyl (C=O) groups excluding carboxylic acids is 2. The summed E-state index contributed by atoms with van der Waals surface area (Å²) in [4.78, 5) is 30.7. The second-order valence-corrected chi connectivity index (χ2v) is 12.6. The number of anilines is 2. The maximum Gasteiger partial charge on any atom is 0.501 e. The standard InChI is InChI=1S/C21H17F3N4O6S3/c1-13-19(29)28(15-4-6-16(7-5-15)36(31,32)21(22,23)24)20(30)27(13)12-14-8-9-25-11-17(14)26-37(33,34)18-3-2-10-35-18/h2-11,13,26H,12H2,1H3. The van der Waals surface area contributed by atoms with Crippen molar-refractivity contribution in [2.24, 2.45) is 0 Å². The number of hydrogen-bond donors (Lipinski definition) is 1. The molecule has 1 aromatic carbocycles. The smallest absolute Gasteiger partial charge is 0.308 e. The molecule has 16 heteroatoms. The quantitative estimate of drug-likeness (QED) is 0.426. The number of pyridine rings is 1. The Hall–Kier alpha value is -3.50. The number of carbonyl (C=O) groups is 2. The predicted octanol–water partition coefficient (Wildman–Crippen LogP) is 3.59. The highest BCUT2D eigenvalue weighted by Gasteiger charge is 2.47. The van der Waals surface area contributed by atoms with Crippen LogP contribution >= 0.6 is 11.3 Å². The zero-order valence-electron chi connectivity index (χ0n) is 18.7. The summed E-state index contributed by atoms with van der Waals surface area (Å²) >= 11 is 1.00. The molecule has 10 nitrogen and oxygen atoms in total. The van der Waals surface area contributed by atoms with Gasteiger partial charge in [-0.3, -0.25) is 14.5 Å². The van der Waals surface area contributed by atoms with Crippen molar-refractivity contribution in [3.05, 3.63) is 65.8 Å². The fraction of sp³-hybridized carbons (Fsp3) is 0.190. The van der Waals surface area contributed by atoms with Crippen LogP contribution in [0.1, 0.15) is 12.5 Å². The maximum absolute atomic E-state index is 13.1. The first-order valence-electron chi connectivity index (χ1n) is 10.3. The molecule has 0 bridgehead atoms. The number of benzene rings is 1. The van der Waals surface area contributed by atoms with Gasteiger partial charge in [-0.25, -0.2) is 26.5 Å². The molecule has 3 amide bonds. The summed E-state index contributed by atoms with van der Waals surface area (Å²) < 4.78 is 89.4. The Labute approximate surface area is 213 Å². The second-order valence-electron chi connectivity index (χ2n) is 7.77. The highest BCUT2D eigenvalue weighted by atomic mass is 32.2. The number of imide groups is 1. The predicted molar refractivity (Wildman–Crippen MR) is 127 cm³/mol. The number of hydrogen-bond acceptors (Lipinski definition) is 8. The Kier molecular flexibility index (Phi) is 6.76. The molecule has 1 atom stereocenters. The normalized spacial score (nSPS) is 16.9. The number of sulfonamides is 1. The van der Waals surface area contributed by atoms with Crippen LogP contribution in [-0.2, 0) is 31.2 Å². The van der Waals surface area contributed by atoms with Crippen LogP contribution in [0.25, 0.3) is 0 Å². The first-order valence-corrected chi connectivity index (χ1v) is 14.1. The first kappa shape index (κ1) is 26.6. The summed E-state index contributed by atoms with van der Waals surface area (Å²) in [5, 5.41) is 1.59. The van der Waals surface area contributed by atoms with E-state index in [0.717, 1.165) is 28.4 Å². The van der Waals surface area contributed by atoms with Crippen molar-refractivity contribution in [3.8, 4) is 0 Å².